The minimum atomic E-state index is 0.556. The molecule has 1 aromatic rings. The van der Waals surface area contributed by atoms with Crippen LogP contribution in [-0.4, -0.2) is 17.6 Å². The Morgan fingerprint density at radius 1 is 1.28 bits per heavy atom. The first-order valence-electron chi connectivity index (χ1n) is 7.00. The van der Waals surface area contributed by atoms with Gasteiger partial charge in [0, 0.05) is 22.9 Å². The van der Waals surface area contributed by atoms with Crippen molar-refractivity contribution in [1.82, 2.24) is 10.3 Å². The van der Waals surface area contributed by atoms with Crippen LogP contribution in [0.4, 0.5) is 0 Å². The number of hydrogen-bond acceptors (Lipinski definition) is 2. The van der Waals surface area contributed by atoms with Crippen LogP contribution in [0.25, 0.3) is 0 Å². The maximum Gasteiger partial charge on any atom is 0.0410 e. The Labute approximate surface area is 120 Å². The lowest BCUT2D eigenvalue weighted by Crippen LogP contribution is -2.37. The molecule has 0 aliphatic carbocycles. The second-order valence-electron chi connectivity index (χ2n) is 5.04. The van der Waals surface area contributed by atoms with Crippen molar-refractivity contribution in [2.75, 3.05) is 6.54 Å². The maximum atomic E-state index is 4.25. The first-order chi connectivity index (χ1) is 8.67. The molecule has 0 aliphatic rings. The van der Waals surface area contributed by atoms with E-state index in [1.54, 1.807) is 0 Å². The highest BCUT2D eigenvalue weighted by Gasteiger charge is 2.16. The van der Waals surface area contributed by atoms with E-state index in [1.807, 2.05) is 12.4 Å². The van der Waals surface area contributed by atoms with Crippen molar-refractivity contribution >= 4 is 15.9 Å². The van der Waals surface area contributed by atoms with Gasteiger partial charge in [0.25, 0.3) is 0 Å². The molecular weight excluding hydrogens is 288 g/mol. The minimum absolute atomic E-state index is 0.556. The molecular formula is C15H25BrN2. The summed E-state index contributed by atoms with van der Waals surface area (Å²) >= 11 is 3.49. The summed E-state index contributed by atoms with van der Waals surface area (Å²) in [6, 6.07) is 2.73. The fourth-order valence-electron chi connectivity index (χ4n) is 2.28. The smallest absolute Gasteiger partial charge is 0.0410 e. The Balaban J connectivity index is 2.64. The van der Waals surface area contributed by atoms with Crippen LogP contribution in [0, 0.1) is 5.92 Å². The molecule has 2 nitrogen and oxygen atoms in total. The summed E-state index contributed by atoms with van der Waals surface area (Å²) in [7, 11) is 0. The summed E-state index contributed by atoms with van der Waals surface area (Å²) in [5.74, 6) is 0.709. The van der Waals surface area contributed by atoms with Crippen LogP contribution in [0.1, 0.15) is 45.6 Å². The van der Waals surface area contributed by atoms with E-state index in [4.69, 9.17) is 0 Å². The predicted molar refractivity (Wildman–Crippen MR) is 81.8 cm³/mol. The molecule has 2 atom stereocenters. The average molecular weight is 313 g/mol. The number of nitrogens with one attached hydrogen (secondary N) is 1. The molecule has 1 aromatic heterocycles. The van der Waals surface area contributed by atoms with Crippen molar-refractivity contribution in [3.63, 3.8) is 0 Å². The molecule has 102 valence electrons. The fourth-order valence-corrected chi connectivity index (χ4v) is 2.69. The lowest BCUT2D eigenvalue weighted by Gasteiger charge is -2.25. The Kier molecular flexibility index (Phi) is 7.52. The number of pyridine rings is 1. The van der Waals surface area contributed by atoms with Gasteiger partial charge in [-0.3, -0.25) is 4.98 Å². The molecule has 0 spiro atoms. The van der Waals surface area contributed by atoms with E-state index in [9.17, 15) is 0 Å². The van der Waals surface area contributed by atoms with Gasteiger partial charge in [0.05, 0.1) is 0 Å². The molecule has 1 rings (SSSR count). The van der Waals surface area contributed by atoms with Crippen molar-refractivity contribution in [3.8, 4) is 0 Å². The van der Waals surface area contributed by atoms with Gasteiger partial charge in [0.2, 0.25) is 0 Å². The summed E-state index contributed by atoms with van der Waals surface area (Å²) < 4.78 is 1.07. The molecule has 0 saturated heterocycles. The lowest BCUT2D eigenvalue weighted by molar-refractivity contribution is 0.352. The van der Waals surface area contributed by atoms with Crippen molar-refractivity contribution in [3.05, 3.63) is 28.5 Å². The van der Waals surface area contributed by atoms with E-state index in [2.05, 4.69) is 53.1 Å². The second-order valence-corrected chi connectivity index (χ2v) is 5.96. The van der Waals surface area contributed by atoms with Crippen molar-refractivity contribution in [2.24, 2.45) is 5.92 Å². The highest BCUT2D eigenvalue weighted by Crippen LogP contribution is 2.17. The van der Waals surface area contributed by atoms with Gasteiger partial charge in [-0.2, -0.15) is 0 Å². The molecule has 18 heavy (non-hydrogen) atoms. The number of halogens is 1. The molecule has 2 unspecified atom stereocenters. The molecule has 0 aliphatic heterocycles. The van der Waals surface area contributed by atoms with Gasteiger partial charge in [0.15, 0.2) is 0 Å². The van der Waals surface area contributed by atoms with Crippen LogP contribution in [0.15, 0.2) is 22.9 Å². The molecule has 0 bridgehead atoms. The summed E-state index contributed by atoms with van der Waals surface area (Å²) in [6.07, 6.45) is 8.60. The molecule has 0 fully saturated rings. The van der Waals surface area contributed by atoms with Gasteiger partial charge in [-0.15, -0.1) is 0 Å². The first-order valence-corrected chi connectivity index (χ1v) is 7.79. The third kappa shape index (κ3) is 5.49. The summed E-state index contributed by atoms with van der Waals surface area (Å²) in [5, 5.41) is 3.68. The fraction of sp³-hybridized carbons (Fsp3) is 0.667. The van der Waals surface area contributed by atoms with Crippen LogP contribution >= 0.6 is 15.9 Å². The third-order valence-electron chi connectivity index (χ3n) is 3.30. The van der Waals surface area contributed by atoms with E-state index >= 15 is 0 Å². The minimum Gasteiger partial charge on any atom is -0.313 e. The van der Waals surface area contributed by atoms with Gasteiger partial charge in [0.1, 0.15) is 0 Å². The highest BCUT2D eigenvalue weighted by molar-refractivity contribution is 9.10. The van der Waals surface area contributed by atoms with Gasteiger partial charge in [-0.25, -0.2) is 0 Å². The van der Waals surface area contributed by atoms with E-state index in [0.29, 0.717) is 12.0 Å². The molecule has 0 saturated carbocycles. The summed E-state index contributed by atoms with van der Waals surface area (Å²) in [6.45, 7) is 7.92. The molecule has 1 N–H and O–H groups in total. The highest BCUT2D eigenvalue weighted by atomic mass is 79.9. The number of aromatic nitrogens is 1. The van der Waals surface area contributed by atoms with Crippen LogP contribution in [-0.2, 0) is 6.42 Å². The quantitative estimate of drug-likeness (QED) is 0.778. The zero-order valence-corrected chi connectivity index (χ0v) is 13.3. The zero-order valence-electron chi connectivity index (χ0n) is 11.7. The van der Waals surface area contributed by atoms with E-state index in [1.165, 1.54) is 24.8 Å². The molecule has 0 amide bonds. The van der Waals surface area contributed by atoms with Crippen LogP contribution in [0.5, 0.6) is 0 Å². The normalized spacial score (nSPS) is 14.4. The second kappa shape index (κ2) is 8.65. The predicted octanol–water partition coefficient (Wildman–Crippen LogP) is 4.19. The standard InChI is InChI=1S/C15H25BrN2/c1-4-6-12(3)15(18-7-5-2)9-13-8-14(16)11-17-10-13/h8,10-12,15,18H,4-7,9H2,1-3H3. The van der Waals surface area contributed by atoms with Crippen molar-refractivity contribution < 1.29 is 0 Å². The monoisotopic (exact) mass is 312 g/mol. The van der Waals surface area contributed by atoms with Crippen LogP contribution < -0.4 is 5.32 Å². The van der Waals surface area contributed by atoms with E-state index < -0.39 is 0 Å². The Morgan fingerprint density at radius 2 is 2.06 bits per heavy atom. The van der Waals surface area contributed by atoms with Gasteiger partial charge in [-0.1, -0.05) is 27.2 Å². The number of nitrogens with zero attached hydrogens (tertiary/aromatic N) is 1. The summed E-state index contributed by atoms with van der Waals surface area (Å²) in [5.41, 5.74) is 1.31. The summed E-state index contributed by atoms with van der Waals surface area (Å²) in [4.78, 5) is 4.25. The van der Waals surface area contributed by atoms with Crippen molar-refractivity contribution in [2.45, 2.75) is 52.5 Å². The van der Waals surface area contributed by atoms with Crippen LogP contribution in [0.2, 0.25) is 0 Å². The Hall–Kier alpha value is -0.410. The SMILES string of the molecule is CCCNC(Cc1cncc(Br)c1)C(C)CCC. The van der Waals surface area contributed by atoms with Crippen molar-refractivity contribution in [1.29, 1.82) is 0 Å². The Bertz CT molecular complexity index is 341. The molecule has 3 heteroatoms. The first kappa shape index (κ1) is 15.6. The lowest BCUT2D eigenvalue weighted by atomic mass is 9.92. The number of rotatable bonds is 8. The molecule has 0 aromatic carbocycles. The van der Waals surface area contributed by atoms with Crippen LogP contribution in [0.3, 0.4) is 0 Å². The van der Waals surface area contributed by atoms with E-state index in [0.717, 1.165) is 17.4 Å². The third-order valence-corrected chi connectivity index (χ3v) is 3.74. The van der Waals surface area contributed by atoms with Gasteiger partial charge < -0.3 is 5.32 Å². The van der Waals surface area contributed by atoms with E-state index in [-0.39, 0.29) is 0 Å². The van der Waals surface area contributed by atoms with Gasteiger partial charge >= 0.3 is 0 Å². The van der Waals surface area contributed by atoms with Gasteiger partial charge in [-0.05, 0) is 59.3 Å². The largest absolute Gasteiger partial charge is 0.313 e. The Morgan fingerprint density at radius 3 is 2.67 bits per heavy atom. The molecule has 1 heterocycles. The zero-order chi connectivity index (χ0) is 13.4. The molecule has 0 radical (unpaired) electrons. The maximum absolute atomic E-state index is 4.25. The topological polar surface area (TPSA) is 24.9 Å². The average Bonchev–Trinajstić information content (AvgIpc) is 2.34. The number of hydrogen-bond donors (Lipinski definition) is 1.